The molecule has 0 amide bonds. The highest BCUT2D eigenvalue weighted by Gasteiger charge is 2.18. The van der Waals surface area contributed by atoms with Gasteiger partial charge in [0.2, 0.25) is 0 Å². The van der Waals surface area contributed by atoms with Crippen LogP contribution in [-0.4, -0.2) is 28.5 Å². The number of H-pyrrole nitrogens is 1. The van der Waals surface area contributed by atoms with E-state index in [0.29, 0.717) is 27.1 Å². The van der Waals surface area contributed by atoms with Crippen molar-refractivity contribution in [1.29, 1.82) is 0 Å². The highest BCUT2D eigenvalue weighted by molar-refractivity contribution is 6.03. The zero-order valence-corrected chi connectivity index (χ0v) is 16.6. The van der Waals surface area contributed by atoms with Crippen molar-refractivity contribution in [3.63, 3.8) is 0 Å². The lowest BCUT2D eigenvalue weighted by atomic mass is 10.0. The standard InChI is InChI=1S/C24H21N3O2/c1-14(26(2)3)27-21-11-7-5-9-16(21)24(29)18-12-20-17(13-22(18)27)23(28)15-8-4-6-10-19(15)25-20/h4-14H,1-3H3,(H,25,28). The Morgan fingerprint density at radius 1 is 0.759 bits per heavy atom. The number of hydrogen-bond acceptors (Lipinski definition) is 3. The normalized spacial score (nSPS) is 13.1. The number of para-hydroxylation sites is 2. The maximum absolute atomic E-state index is 13.3. The zero-order valence-electron chi connectivity index (χ0n) is 16.6. The van der Waals surface area contributed by atoms with Gasteiger partial charge < -0.3 is 9.55 Å². The number of pyridine rings is 2. The maximum Gasteiger partial charge on any atom is 0.197 e. The van der Waals surface area contributed by atoms with E-state index in [4.69, 9.17) is 0 Å². The number of aromatic nitrogens is 2. The first-order chi connectivity index (χ1) is 14.0. The molecule has 0 fully saturated rings. The first-order valence-electron chi connectivity index (χ1n) is 9.65. The second kappa shape index (κ2) is 6.29. The molecule has 0 bridgehead atoms. The largest absolute Gasteiger partial charge is 0.354 e. The van der Waals surface area contributed by atoms with Crippen LogP contribution in [0, 0.1) is 0 Å². The van der Waals surface area contributed by atoms with E-state index in [9.17, 15) is 9.59 Å². The van der Waals surface area contributed by atoms with Gasteiger partial charge in [0.15, 0.2) is 10.9 Å². The molecular weight excluding hydrogens is 362 g/mol. The molecule has 1 unspecified atom stereocenters. The van der Waals surface area contributed by atoms with Gasteiger partial charge in [0.1, 0.15) is 0 Å². The number of hydrogen-bond donors (Lipinski definition) is 1. The summed E-state index contributed by atoms with van der Waals surface area (Å²) in [4.78, 5) is 31.9. The summed E-state index contributed by atoms with van der Waals surface area (Å²) in [5.41, 5.74) is 3.03. The fourth-order valence-corrected chi connectivity index (χ4v) is 4.13. The van der Waals surface area contributed by atoms with Crippen LogP contribution in [0.15, 0.2) is 70.3 Å². The van der Waals surface area contributed by atoms with Crippen LogP contribution in [0.5, 0.6) is 0 Å². The Morgan fingerprint density at radius 2 is 1.41 bits per heavy atom. The molecule has 0 aliphatic heterocycles. The Balaban J connectivity index is 2.06. The molecule has 2 heterocycles. The Hall–Kier alpha value is -3.44. The van der Waals surface area contributed by atoms with Gasteiger partial charge in [-0.1, -0.05) is 24.3 Å². The van der Waals surface area contributed by atoms with Crippen molar-refractivity contribution in [2.75, 3.05) is 14.1 Å². The van der Waals surface area contributed by atoms with Crippen molar-refractivity contribution in [3.8, 4) is 0 Å². The van der Waals surface area contributed by atoms with Crippen LogP contribution in [0.1, 0.15) is 13.1 Å². The Kier molecular flexibility index (Phi) is 3.83. The fraction of sp³-hybridized carbons (Fsp3) is 0.167. The molecule has 0 radical (unpaired) electrons. The summed E-state index contributed by atoms with van der Waals surface area (Å²) in [7, 11) is 4.01. The summed E-state index contributed by atoms with van der Waals surface area (Å²) in [5, 5.41) is 2.52. The topological polar surface area (TPSA) is 58.1 Å². The molecule has 29 heavy (non-hydrogen) atoms. The van der Waals surface area contributed by atoms with E-state index in [-0.39, 0.29) is 17.0 Å². The van der Waals surface area contributed by atoms with Gasteiger partial charge in [-0.05, 0) is 57.4 Å². The number of nitrogens with zero attached hydrogens (tertiary/aromatic N) is 2. The number of fused-ring (bicyclic) bond motifs is 4. The molecule has 5 rings (SSSR count). The van der Waals surface area contributed by atoms with E-state index in [1.807, 2.05) is 74.8 Å². The van der Waals surface area contributed by atoms with Crippen molar-refractivity contribution < 1.29 is 0 Å². The van der Waals surface area contributed by atoms with Gasteiger partial charge in [0.05, 0.1) is 22.7 Å². The minimum absolute atomic E-state index is 0.0000111. The number of nitrogens with one attached hydrogen (secondary N) is 1. The highest BCUT2D eigenvalue weighted by atomic mass is 16.1. The van der Waals surface area contributed by atoms with Gasteiger partial charge in [-0.15, -0.1) is 0 Å². The first kappa shape index (κ1) is 17.6. The Labute approximate surface area is 166 Å². The highest BCUT2D eigenvalue weighted by Crippen LogP contribution is 2.27. The van der Waals surface area contributed by atoms with Crippen LogP contribution in [0.3, 0.4) is 0 Å². The van der Waals surface area contributed by atoms with Crippen LogP contribution in [0.2, 0.25) is 0 Å². The lowest BCUT2D eigenvalue weighted by Gasteiger charge is -2.27. The third-order valence-electron chi connectivity index (χ3n) is 5.85. The summed E-state index contributed by atoms with van der Waals surface area (Å²) in [6, 6.07) is 18.8. The van der Waals surface area contributed by atoms with E-state index in [0.717, 1.165) is 16.6 Å². The van der Waals surface area contributed by atoms with Crippen LogP contribution in [0.4, 0.5) is 0 Å². The molecule has 3 aromatic carbocycles. The Bertz CT molecular complexity index is 1540. The van der Waals surface area contributed by atoms with Crippen LogP contribution >= 0.6 is 0 Å². The summed E-state index contributed by atoms with van der Waals surface area (Å²) in [6.07, 6.45) is -0.0000111. The van der Waals surface area contributed by atoms with Crippen molar-refractivity contribution in [3.05, 3.63) is 81.1 Å². The molecule has 5 nitrogen and oxygen atoms in total. The van der Waals surface area contributed by atoms with Gasteiger partial charge in [-0.25, -0.2) is 0 Å². The quantitative estimate of drug-likeness (QED) is 0.464. The van der Waals surface area contributed by atoms with Gasteiger partial charge >= 0.3 is 0 Å². The van der Waals surface area contributed by atoms with Crippen LogP contribution in [0.25, 0.3) is 43.6 Å². The van der Waals surface area contributed by atoms with Crippen molar-refractivity contribution in [2.45, 2.75) is 13.1 Å². The zero-order chi connectivity index (χ0) is 20.3. The molecule has 0 saturated carbocycles. The predicted octanol–water partition coefficient (Wildman–Crippen LogP) is 4.23. The summed E-state index contributed by atoms with van der Waals surface area (Å²) in [5.74, 6) is 0. The second-order valence-corrected chi connectivity index (χ2v) is 7.73. The van der Waals surface area contributed by atoms with Crippen LogP contribution < -0.4 is 10.9 Å². The number of rotatable bonds is 2. The Morgan fingerprint density at radius 3 is 2.17 bits per heavy atom. The summed E-state index contributed by atoms with van der Waals surface area (Å²) in [6.45, 7) is 2.09. The fourth-order valence-electron chi connectivity index (χ4n) is 4.13. The van der Waals surface area contributed by atoms with E-state index < -0.39 is 0 Å². The minimum Gasteiger partial charge on any atom is -0.354 e. The van der Waals surface area contributed by atoms with Crippen molar-refractivity contribution in [2.24, 2.45) is 0 Å². The molecule has 0 spiro atoms. The molecule has 0 saturated heterocycles. The average molecular weight is 383 g/mol. The smallest absolute Gasteiger partial charge is 0.197 e. The average Bonchev–Trinajstić information content (AvgIpc) is 2.73. The van der Waals surface area contributed by atoms with Crippen molar-refractivity contribution in [1.82, 2.24) is 14.5 Å². The second-order valence-electron chi connectivity index (χ2n) is 7.73. The van der Waals surface area contributed by atoms with E-state index in [2.05, 4.69) is 21.4 Å². The van der Waals surface area contributed by atoms with Gasteiger partial charge in [-0.3, -0.25) is 14.5 Å². The molecule has 0 aliphatic carbocycles. The number of aromatic amines is 1. The van der Waals surface area contributed by atoms with Gasteiger partial charge in [-0.2, -0.15) is 0 Å². The third-order valence-corrected chi connectivity index (χ3v) is 5.85. The SMILES string of the molecule is CC(N(C)C)n1c2ccccc2c(=O)c2cc3[nH]c4ccccc4c(=O)c3cc21. The lowest BCUT2D eigenvalue weighted by Crippen LogP contribution is -2.25. The van der Waals surface area contributed by atoms with Gasteiger partial charge in [0, 0.05) is 27.1 Å². The molecule has 2 aromatic heterocycles. The monoisotopic (exact) mass is 383 g/mol. The molecule has 0 aliphatic rings. The molecule has 5 aromatic rings. The van der Waals surface area contributed by atoms with Crippen LogP contribution in [-0.2, 0) is 0 Å². The van der Waals surface area contributed by atoms with E-state index in [1.54, 1.807) is 0 Å². The van der Waals surface area contributed by atoms with Crippen molar-refractivity contribution >= 4 is 43.6 Å². The van der Waals surface area contributed by atoms with Gasteiger partial charge in [0.25, 0.3) is 0 Å². The maximum atomic E-state index is 13.3. The summed E-state index contributed by atoms with van der Waals surface area (Å²) >= 11 is 0. The molecule has 1 N–H and O–H groups in total. The molecule has 1 atom stereocenters. The predicted molar refractivity (Wildman–Crippen MR) is 120 cm³/mol. The van der Waals surface area contributed by atoms with E-state index in [1.165, 1.54) is 0 Å². The summed E-state index contributed by atoms with van der Waals surface area (Å²) < 4.78 is 2.14. The first-order valence-corrected chi connectivity index (χ1v) is 9.65. The lowest BCUT2D eigenvalue weighted by molar-refractivity contribution is 0.249. The minimum atomic E-state index is -0.0269. The molecule has 144 valence electrons. The number of benzene rings is 3. The molecular formula is C24H21N3O2. The molecule has 5 heteroatoms. The van der Waals surface area contributed by atoms with E-state index >= 15 is 0 Å². The third kappa shape index (κ3) is 2.51.